The summed E-state index contributed by atoms with van der Waals surface area (Å²) >= 11 is 0. The van der Waals surface area contributed by atoms with Crippen LogP contribution in [-0.4, -0.2) is 20.7 Å². The second-order valence-corrected chi connectivity index (χ2v) is 10.8. The minimum atomic E-state index is -1.91. The highest BCUT2D eigenvalue weighted by Gasteiger charge is 2.37. The Hall–Kier alpha value is -1.00. The van der Waals surface area contributed by atoms with Crippen molar-refractivity contribution >= 4 is 14.1 Å². The van der Waals surface area contributed by atoms with E-state index < -0.39 is 8.32 Å². The molecule has 2 nitrogen and oxygen atoms in total. The predicted molar refractivity (Wildman–Crippen MR) is 73.9 cm³/mol. The van der Waals surface area contributed by atoms with E-state index in [2.05, 4.69) is 33.9 Å². The van der Waals surface area contributed by atoms with Crippen LogP contribution < -0.4 is 0 Å². The van der Waals surface area contributed by atoms with E-state index in [1.165, 1.54) is 24.3 Å². The van der Waals surface area contributed by atoms with E-state index in [9.17, 15) is 9.18 Å². The van der Waals surface area contributed by atoms with Gasteiger partial charge in [-0.1, -0.05) is 20.8 Å². The first-order valence-electron chi connectivity index (χ1n) is 6.06. The highest BCUT2D eigenvalue weighted by atomic mass is 28.4. The molecule has 0 aromatic heterocycles. The second-order valence-electron chi connectivity index (χ2n) is 5.98. The molecule has 0 radical (unpaired) electrons. The van der Waals surface area contributed by atoms with Crippen molar-refractivity contribution in [3.05, 3.63) is 35.6 Å². The van der Waals surface area contributed by atoms with Crippen molar-refractivity contribution in [2.24, 2.45) is 0 Å². The van der Waals surface area contributed by atoms with Crippen LogP contribution in [0.3, 0.4) is 0 Å². The lowest BCUT2D eigenvalue weighted by Gasteiger charge is -2.35. The summed E-state index contributed by atoms with van der Waals surface area (Å²) in [6.07, 6.45) is 0. The lowest BCUT2D eigenvalue weighted by atomic mass is 10.1. The summed E-state index contributed by atoms with van der Waals surface area (Å²) in [5.74, 6) is -0.434. The lowest BCUT2D eigenvalue weighted by Crippen LogP contribution is -2.42. The zero-order valence-electron chi connectivity index (χ0n) is 11.7. The van der Waals surface area contributed by atoms with Gasteiger partial charge in [0.05, 0.1) is 6.61 Å². The minimum absolute atomic E-state index is 0.0716. The van der Waals surface area contributed by atoms with Crippen molar-refractivity contribution in [2.45, 2.75) is 38.9 Å². The van der Waals surface area contributed by atoms with Crippen LogP contribution in [0.1, 0.15) is 31.1 Å². The topological polar surface area (TPSA) is 26.3 Å². The monoisotopic (exact) mass is 268 g/mol. The Morgan fingerprint density at radius 2 is 1.72 bits per heavy atom. The average molecular weight is 268 g/mol. The lowest BCUT2D eigenvalue weighted by molar-refractivity contribution is 0.0911. The molecule has 0 amide bonds. The van der Waals surface area contributed by atoms with Crippen molar-refractivity contribution in [2.75, 3.05) is 6.61 Å². The largest absolute Gasteiger partial charge is 0.409 e. The molecular formula is C14H21FO2Si. The van der Waals surface area contributed by atoms with Crippen LogP contribution in [0.5, 0.6) is 0 Å². The van der Waals surface area contributed by atoms with Gasteiger partial charge in [0.1, 0.15) is 5.82 Å². The molecule has 100 valence electrons. The van der Waals surface area contributed by atoms with Crippen LogP contribution in [0.25, 0.3) is 0 Å². The first-order chi connectivity index (χ1) is 8.13. The van der Waals surface area contributed by atoms with E-state index in [0.29, 0.717) is 5.56 Å². The van der Waals surface area contributed by atoms with Gasteiger partial charge in [0.2, 0.25) is 0 Å². The van der Waals surface area contributed by atoms with Crippen LogP contribution in [0.15, 0.2) is 24.3 Å². The van der Waals surface area contributed by atoms with E-state index in [0.717, 1.165) is 0 Å². The van der Waals surface area contributed by atoms with Crippen LogP contribution in [0.4, 0.5) is 4.39 Å². The Morgan fingerprint density at radius 3 is 2.17 bits per heavy atom. The number of halogens is 1. The molecule has 1 aromatic rings. The van der Waals surface area contributed by atoms with Gasteiger partial charge >= 0.3 is 0 Å². The number of hydrogen-bond acceptors (Lipinski definition) is 2. The summed E-state index contributed by atoms with van der Waals surface area (Å²) in [6.45, 7) is 10.7. The van der Waals surface area contributed by atoms with Crippen LogP contribution in [0, 0.1) is 5.82 Å². The van der Waals surface area contributed by atoms with Gasteiger partial charge in [-0.15, -0.1) is 0 Å². The van der Waals surface area contributed by atoms with Gasteiger partial charge in [-0.3, -0.25) is 4.79 Å². The maximum absolute atomic E-state index is 12.7. The van der Waals surface area contributed by atoms with Gasteiger partial charge in [0.15, 0.2) is 14.1 Å². The summed E-state index contributed by atoms with van der Waals surface area (Å²) in [5, 5.41) is 0.0794. The maximum atomic E-state index is 12.7. The summed E-state index contributed by atoms with van der Waals surface area (Å²) in [6, 6.07) is 5.57. The van der Waals surface area contributed by atoms with Crippen molar-refractivity contribution < 1.29 is 13.6 Å². The molecule has 0 spiro atoms. The average Bonchev–Trinajstić information content (AvgIpc) is 2.25. The van der Waals surface area contributed by atoms with Crippen LogP contribution in [-0.2, 0) is 4.43 Å². The molecule has 0 atom stereocenters. The highest BCUT2D eigenvalue weighted by Crippen LogP contribution is 2.36. The third-order valence-electron chi connectivity index (χ3n) is 3.54. The van der Waals surface area contributed by atoms with Crippen LogP contribution in [0.2, 0.25) is 18.1 Å². The van der Waals surface area contributed by atoms with E-state index >= 15 is 0 Å². The molecular weight excluding hydrogens is 247 g/mol. The molecule has 4 heteroatoms. The summed E-state index contributed by atoms with van der Waals surface area (Å²) in [4.78, 5) is 11.9. The zero-order chi connectivity index (χ0) is 14.0. The van der Waals surface area contributed by atoms with Crippen molar-refractivity contribution in [1.82, 2.24) is 0 Å². The Bertz CT molecular complexity index is 418. The number of hydrogen-bond donors (Lipinski definition) is 0. The molecule has 0 aliphatic rings. The molecule has 0 N–H and O–H groups in total. The van der Waals surface area contributed by atoms with Gasteiger partial charge in [0.25, 0.3) is 0 Å². The van der Waals surface area contributed by atoms with E-state index in [1.54, 1.807) is 0 Å². The minimum Gasteiger partial charge on any atom is -0.409 e. The summed E-state index contributed by atoms with van der Waals surface area (Å²) < 4.78 is 18.6. The zero-order valence-corrected chi connectivity index (χ0v) is 12.7. The molecule has 0 aliphatic heterocycles. The molecule has 0 aliphatic carbocycles. The van der Waals surface area contributed by atoms with Gasteiger partial charge in [-0.25, -0.2) is 4.39 Å². The number of carbonyl (C=O) groups is 1. The van der Waals surface area contributed by atoms with E-state index in [-0.39, 0.29) is 23.2 Å². The number of Topliss-reactive ketones (excluding diaryl/α,β-unsaturated/α-hetero) is 1. The van der Waals surface area contributed by atoms with E-state index in [1.807, 2.05) is 0 Å². The predicted octanol–water partition coefficient (Wildman–Crippen LogP) is 4.03. The smallest absolute Gasteiger partial charge is 0.192 e. The van der Waals surface area contributed by atoms with Crippen LogP contribution >= 0.6 is 0 Å². The molecule has 0 bridgehead atoms. The fraction of sp³-hybridized carbons (Fsp3) is 0.500. The number of ketones is 1. The highest BCUT2D eigenvalue weighted by molar-refractivity contribution is 6.74. The summed E-state index contributed by atoms with van der Waals surface area (Å²) in [7, 11) is -1.91. The maximum Gasteiger partial charge on any atom is 0.192 e. The molecule has 18 heavy (non-hydrogen) atoms. The Balaban J connectivity index is 2.65. The molecule has 0 saturated heterocycles. The molecule has 0 saturated carbocycles. The Labute approximate surface area is 109 Å². The van der Waals surface area contributed by atoms with Crippen molar-refractivity contribution in [1.29, 1.82) is 0 Å². The number of carbonyl (C=O) groups excluding carboxylic acids is 1. The Kier molecular flexibility index (Phi) is 4.45. The van der Waals surface area contributed by atoms with Gasteiger partial charge in [-0.05, 0) is 42.4 Å². The standard InChI is InChI=1S/C14H21FO2Si/c1-14(2,3)18(4,5)17-10-13(16)11-6-8-12(15)9-7-11/h6-9H,10H2,1-5H3. The third-order valence-corrected chi connectivity index (χ3v) is 8.01. The number of rotatable bonds is 4. The Morgan fingerprint density at radius 1 is 1.22 bits per heavy atom. The van der Waals surface area contributed by atoms with Gasteiger partial charge in [-0.2, -0.15) is 0 Å². The van der Waals surface area contributed by atoms with E-state index in [4.69, 9.17) is 4.43 Å². The summed E-state index contributed by atoms with van der Waals surface area (Å²) in [5.41, 5.74) is 0.495. The fourth-order valence-corrected chi connectivity index (χ4v) is 2.11. The van der Waals surface area contributed by atoms with Crippen molar-refractivity contribution in [3.8, 4) is 0 Å². The number of benzene rings is 1. The normalized spacial score (nSPS) is 12.6. The van der Waals surface area contributed by atoms with Crippen molar-refractivity contribution in [3.63, 3.8) is 0 Å². The molecule has 0 heterocycles. The quantitative estimate of drug-likeness (QED) is 0.609. The fourth-order valence-electron chi connectivity index (χ4n) is 1.18. The molecule has 0 fully saturated rings. The third kappa shape index (κ3) is 3.75. The molecule has 0 unspecified atom stereocenters. The first-order valence-corrected chi connectivity index (χ1v) is 8.97. The SMILES string of the molecule is CC(C)(C)[Si](C)(C)OCC(=O)c1ccc(F)cc1. The first kappa shape index (κ1) is 15.1. The second kappa shape index (κ2) is 5.32. The molecule has 1 rings (SSSR count). The van der Waals surface area contributed by atoms with Gasteiger partial charge < -0.3 is 4.43 Å². The molecule has 1 aromatic carbocycles. The van der Waals surface area contributed by atoms with Gasteiger partial charge in [0, 0.05) is 5.56 Å².